The number of aryl methyl sites for hydroxylation is 1. The fraction of sp³-hybridized carbons (Fsp3) is 0.200. The maximum Gasteiger partial charge on any atom is 0.243 e. The molecule has 130 valence electrons. The Labute approximate surface area is 156 Å². The molecule has 0 aliphatic heterocycles. The lowest BCUT2D eigenvalue weighted by molar-refractivity contribution is -0.122. The highest BCUT2D eigenvalue weighted by molar-refractivity contribution is 6.30. The van der Waals surface area contributed by atoms with Crippen LogP contribution in [0.3, 0.4) is 0 Å². The summed E-state index contributed by atoms with van der Waals surface area (Å²) >= 11 is 5.85. The molecule has 1 N–H and O–H groups in total. The van der Waals surface area contributed by atoms with Crippen molar-refractivity contribution in [3.63, 3.8) is 0 Å². The minimum atomic E-state index is -0.0813. The number of fused-ring (bicyclic) bond motifs is 1. The van der Waals surface area contributed by atoms with Crippen LogP contribution in [0.2, 0.25) is 5.02 Å². The molecule has 2 unspecified atom stereocenters. The zero-order valence-electron chi connectivity index (χ0n) is 14.2. The molecule has 0 bridgehead atoms. The number of nitrogens with zero attached hydrogens (tertiary/aromatic N) is 3. The summed E-state index contributed by atoms with van der Waals surface area (Å²) < 4.78 is 0. The molecule has 1 saturated carbocycles. The van der Waals surface area contributed by atoms with Crippen LogP contribution in [0, 0.1) is 12.8 Å². The molecule has 1 aliphatic carbocycles. The Bertz CT molecular complexity index is 1000. The summed E-state index contributed by atoms with van der Waals surface area (Å²) in [6, 6.07) is 11.6. The molecule has 26 heavy (non-hydrogen) atoms. The van der Waals surface area contributed by atoms with Gasteiger partial charge in [-0.05, 0) is 54.8 Å². The average Bonchev–Trinajstić information content (AvgIpc) is 3.43. The van der Waals surface area contributed by atoms with E-state index < -0.39 is 0 Å². The highest BCUT2D eigenvalue weighted by Crippen LogP contribution is 2.46. The van der Waals surface area contributed by atoms with Crippen molar-refractivity contribution < 1.29 is 4.79 Å². The number of hydrogen-bond acceptors (Lipinski definition) is 4. The Balaban J connectivity index is 1.40. The summed E-state index contributed by atoms with van der Waals surface area (Å²) in [6.45, 7) is 2.01. The van der Waals surface area contributed by atoms with Gasteiger partial charge < -0.3 is 0 Å². The summed E-state index contributed by atoms with van der Waals surface area (Å²) in [5.74, 6) is -0.0120. The van der Waals surface area contributed by atoms with Crippen LogP contribution in [0.25, 0.3) is 10.9 Å². The first-order chi connectivity index (χ1) is 12.6. The number of carbonyl (C=O) groups is 1. The molecule has 1 aromatic carbocycles. The van der Waals surface area contributed by atoms with Crippen molar-refractivity contribution in [2.45, 2.75) is 19.3 Å². The molecule has 2 heterocycles. The van der Waals surface area contributed by atoms with Crippen molar-refractivity contribution in [2.75, 3.05) is 0 Å². The molecule has 2 atom stereocenters. The van der Waals surface area contributed by atoms with Gasteiger partial charge >= 0.3 is 0 Å². The van der Waals surface area contributed by atoms with E-state index in [-0.39, 0.29) is 17.7 Å². The first-order valence-electron chi connectivity index (χ1n) is 8.41. The van der Waals surface area contributed by atoms with Crippen LogP contribution < -0.4 is 5.43 Å². The van der Waals surface area contributed by atoms with Crippen LogP contribution in [0.5, 0.6) is 0 Å². The number of aromatic nitrogens is 2. The third kappa shape index (κ3) is 3.44. The van der Waals surface area contributed by atoms with E-state index in [0.29, 0.717) is 5.02 Å². The number of hydrogen-bond donors (Lipinski definition) is 1. The van der Waals surface area contributed by atoms with E-state index in [0.717, 1.165) is 34.1 Å². The summed E-state index contributed by atoms with van der Waals surface area (Å²) in [7, 11) is 0. The Kier molecular flexibility index (Phi) is 4.39. The molecule has 2 aromatic heterocycles. The van der Waals surface area contributed by atoms with Gasteiger partial charge in [0.15, 0.2) is 0 Å². The van der Waals surface area contributed by atoms with Crippen LogP contribution in [0.4, 0.5) is 0 Å². The van der Waals surface area contributed by atoms with Crippen LogP contribution in [-0.4, -0.2) is 22.1 Å². The number of halogens is 1. The van der Waals surface area contributed by atoms with Crippen LogP contribution in [0.1, 0.15) is 29.2 Å². The van der Waals surface area contributed by atoms with E-state index in [1.165, 1.54) is 0 Å². The topological polar surface area (TPSA) is 67.2 Å². The van der Waals surface area contributed by atoms with Gasteiger partial charge in [-0.15, -0.1) is 0 Å². The fourth-order valence-corrected chi connectivity index (χ4v) is 3.26. The fourth-order valence-electron chi connectivity index (χ4n) is 3.15. The highest BCUT2D eigenvalue weighted by atomic mass is 35.5. The zero-order valence-corrected chi connectivity index (χ0v) is 14.9. The molecular formula is C20H17ClN4O. The number of benzene rings is 1. The summed E-state index contributed by atoms with van der Waals surface area (Å²) in [4.78, 5) is 20.9. The molecule has 6 heteroatoms. The molecule has 1 fully saturated rings. The molecular weight excluding hydrogens is 348 g/mol. The summed E-state index contributed by atoms with van der Waals surface area (Å²) in [6.07, 6.45) is 5.84. The molecule has 1 amide bonds. The van der Waals surface area contributed by atoms with Gasteiger partial charge in [-0.25, -0.2) is 5.43 Å². The molecule has 4 rings (SSSR count). The van der Waals surface area contributed by atoms with Crippen LogP contribution in [0.15, 0.2) is 53.9 Å². The van der Waals surface area contributed by atoms with E-state index in [4.69, 9.17) is 11.6 Å². The van der Waals surface area contributed by atoms with Crippen molar-refractivity contribution in [3.8, 4) is 0 Å². The van der Waals surface area contributed by atoms with Gasteiger partial charge in [0, 0.05) is 35.3 Å². The maximum atomic E-state index is 12.2. The van der Waals surface area contributed by atoms with E-state index in [2.05, 4.69) is 20.5 Å². The molecule has 0 saturated heterocycles. The third-order valence-electron chi connectivity index (χ3n) is 4.56. The number of carbonyl (C=O) groups excluding carboxylic acids is 1. The third-order valence-corrected chi connectivity index (χ3v) is 4.79. The van der Waals surface area contributed by atoms with E-state index in [9.17, 15) is 4.79 Å². The lowest BCUT2D eigenvalue weighted by Crippen LogP contribution is -2.20. The van der Waals surface area contributed by atoms with Gasteiger partial charge in [-0.2, -0.15) is 5.10 Å². The normalized spacial score (nSPS) is 19.0. The molecule has 0 radical (unpaired) electrons. The van der Waals surface area contributed by atoms with Crippen molar-refractivity contribution in [1.82, 2.24) is 15.4 Å². The lowest BCUT2D eigenvalue weighted by atomic mass is 10.1. The minimum Gasteiger partial charge on any atom is -0.273 e. The quantitative estimate of drug-likeness (QED) is 0.565. The van der Waals surface area contributed by atoms with Gasteiger partial charge in [-0.3, -0.25) is 14.8 Å². The van der Waals surface area contributed by atoms with Gasteiger partial charge in [0.1, 0.15) is 0 Å². The average molecular weight is 365 g/mol. The highest BCUT2D eigenvalue weighted by Gasteiger charge is 2.44. The first kappa shape index (κ1) is 16.7. The van der Waals surface area contributed by atoms with E-state index in [1.807, 2.05) is 37.3 Å². The number of nitrogens with one attached hydrogen (secondary N) is 1. The number of hydrazone groups is 1. The van der Waals surface area contributed by atoms with Gasteiger partial charge in [0.05, 0.1) is 16.8 Å². The maximum absolute atomic E-state index is 12.2. The predicted octanol–water partition coefficient (Wildman–Crippen LogP) is 3.85. The monoisotopic (exact) mass is 364 g/mol. The molecule has 3 aromatic rings. The SMILES string of the molecule is Cc1cc(C=NNC(=O)C2CC2c2ccc(Cl)cn2)cc2cccnc12. The lowest BCUT2D eigenvalue weighted by Gasteiger charge is -2.03. The van der Waals surface area contributed by atoms with Crippen molar-refractivity contribution in [2.24, 2.45) is 11.0 Å². The second kappa shape index (κ2) is 6.84. The second-order valence-electron chi connectivity index (χ2n) is 6.50. The molecule has 0 spiro atoms. The summed E-state index contributed by atoms with van der Waals surface area (Å²) in [5, 5.41) is 5.76. The van der Waals surface area contributed by atoms with Gasteiger partial charge in [0.2, 0.25) is 5.91 Å². The van der Waals surface area contributed by atoms with E-state index >= 15 is 0 Å². The number of rotatable bonds is 4. The van der Waals surface area contributed by atoms with Crippen molar-refractivity contribution in [1.29, 1.82) is 0 Å². The second-order valence-corrected chi connectivity index (χ2v) is 6.93. The van der Waals surface area contributed by atoms with Crippen molar-refractivity contribution in [3.05, 3.63) is 70.6 Å². The Morgan fingerprint density at radius 1 is 1.31 bits per heavy atom. The Morgan fingerprint density at radius 3 is 3.00 bits per heavy atom. The molecule has 1 aliphatic rings. The minimum absolute atomic E-state index is 0.0802. The number of pyridine rings is 2. The first-order valence-corrected chi connectivity index (χ1v) is 8.79. The van der Waals surface area contributed by atoms with E-state index in [1.54, 1.807) is 24.7 Å². The van der Waals surface area contributed by atoms with Crippen LogP contribution >= 0.6 is 11.6 Å². The Hall–Kier alpha value is -2.79. The standard InChI is InChI=1S/C20H17ClN4O/c1-12-7-13(8-14-3-2-6-22-19(12)14)10-24-25-20(26)17-9-16(17)18-5-4-15(21)11-23-18/h2-8,10-11,16-17H,9H2,1H3,(H,25,26). The molecule has 5 nitrogen and oxygen atoms in total. The summed E-state index contributed by atoms with van der Waals surface area (Å²) in [5.41, 5.74) is 6.51. The van der Waals surface area contributed by atoms with Crippen molar-refractivity contribution >= 4 is 34.6 Å². The van der Waals surface area contributed by atoms with Gasteiger partial charge in [0.25, 0.3) is 0 Å². The smallest absolute Gasteiger partial charge is 0.243 e. The largest absolute Gasteiger partial charge is 0.273 e. The Morgan fingerprint density at radius 2 is 2.19 bits per heavy atom. The number of amides is 1. The van der Waals surface area contributed by atoms with Gasteiger partial charge in [-0.1, -0.05) is 17.7 Å². The van der Waals surface area contributed by atoms with Crippen LogP contribution in [-0.2, 0) is 4.79 Å². The predicted molar refractivity (Wildman–Crippen MR) is 102 cm³/mol. The zero-order chi connectivity index (χ0) is 18.1.